The molecule has 104 valence electrons. The van der Waals surface area contributed by atoms with Crippen LogP contribution in [-0.4, -0.2) is 36.0 Å². The number of amides is 1. The molecule has 0 unspecified atom stereocenters. The van der Waals surface area contributed by atoms with Gasteiger partial charge >= 0.3 is 0 Å². The fourth-order valence-electron chi connectivity index (χ4n) is 3.48. The average Bonchev–Trinajstić information content (AvgIpc) is 2.36. The van der Waals surface area contributed by atoms with Gasteiger partial charge in [0.25, 0.3) is 0 Å². The van der Waals surface area contributed by atoms with E-state index in [9.17, 15) is 4.79 Å². The Balaban J connectivity index is 1.79. The van der Waals surface area contributed by atoms with Crippen molar-refractivity contribution in [3.05, 3.63) is 0 Å². The Morgan fingerprint density at radius 1 is 1.11 bits per heavy atom. The van der Waals surface area contributed by atoms with E-state index in [4.69, 9.17) is 0 Å². The topological polar surface area (TPSA) is 32.3 Å². The molecule has 0 radical (unpaired) electrons. The first-order valence-corrected chi connectivity index (χ1v) is 7.59. The summed E-state index contributed by atoms with van der Waals surface area (Å²) < 4.78 is 0. The van der Waals surface area contributed by atoms with Gasteiger partial charge in [-0.2, -0.15) is 0 Å². The highest BCUT2D eigenvalue weighted by molar-refractivity contribution is 5.73. The van der Waals surface area contributed by atoms with Gasteiger partial charge in [-0.25, -0.2) is 0 Å². The second kappa shape index (κ2) is 6.05. The number of hydrogen-bond acceptors (Lipinski definition) is 2. The smallest absolute Gasteiger partial charge is 0.219 e. The van der Waals surface area contributed by atoms with Crippen molar-refractivity contribution in [2.45, 2.75) is 65.0 Å². The molecule has 1 saturated carbocycles. The van der Waals surface area contributed by atoms with Crippen LogP contribution in [0.3, 0.4) is 0 Å². The minimum atomic E-state index is 0.230. The van der Waals surface area contributed by atoms with E-state index in [-0.39, 0.29) is 5.91 Å². The zero-order chi connectivity index (χ0) is 13.1. The summed E-state index contributed by atoms with van der Waals surface area (Å²) in [6.07, 6.45) is 6.34. The van der Waals surface area contributed by atoms with Crippen LogP contribution in [-0.2, 0) is 4.79 Å². The lowest BCUT2D eigenvalue weighted by atomic mass is 9.77. The Kier molecular flexibility index (Phi) is 4.66. The number of carbonyl (C=O) groups is 1. The summed E-state index contributed by atoms with van der Waals surface area (Å²) in [7, 11) is 0. The van der Waals surface area contributed by atoms with Gasteiger partial charge in [-0.15, -0.1) is 0 Å². The van der Waals surface area contributed by atoms with Crippen LogP contribution in [0.15, 0.2) is 0 Å². The van der Waals surface area contributed by atoms with Crippen LogP contribution in [0.25, 0.3) is 0 Å². The molecule has 2 rings (SSSR count). The van der Waals surface area contributed by atoms with Gasteiger partial charge in [0.2, 0.25) is 5.91 Å². The summed E-state index contributed by atoms with van der Waals surface area (Å²) in [6.45, 7) is 8.33. The summed E-state index contributed by atoms with van der Waals surface area (Å²) in [6, 6.07) is 1.32. The molecule has 2 fully saturated rings. The Labute approximate surface area is 111 Å². The van der Waals surface area contributed by atoms with Crippen molar-refractivity contribution >= 4 is 5.91 Å². The molecule has 1 N–H and O–H groups in total. The molecule has 0 aromatic rings. The number of nitrogens with zero attached hydrogens (tertiary/aromatic N) is 1. The van der Waals surface area contributed by atoms with Crippen molar-refractivity contribution < 1.29 is 4.79 Å². The molecule has 1 aliphatic heterocycles. The first-order chi connectivity index (χ1) is 8.58. The normalized spacial score (nSPS) is 34.6. The average molecular weight is 252 g/mol. The molecule has 0 spiro atoms. The Morgan fingerprint density at radius 3 is 2.39 bits per heavy atom. The van der Waals surface area contributed by atoms with E-state index in [0.717, 1.165) is 37.8 Å². The first kappa shape index (κ1) is 13.9. The van der Waals surface area contributed by atoms with Gasteiger partial charge in [0, 0.05) is 32.1 Å². The predicted molar refractivity (Wildman–Crippen MR) is 74.4 cm³/mol. The van der Waals surface area contributed by atoms with Crippen LogP contribution >= 0.6 is 0 Å². The van der Waals surface area contributed by atoms with E-state index in [0.29, 0.717) is 12.1 Å². The lowest BCUT2D eigenvalue weighted by Crippen LogP contribution is -2.50. The third-order valence-electron chi connectivity index (χ3n) is 5.10. The maximum absolute atomic E-state index is 11.3. The fourth-order valence-corrected chi connectivity index (χ4v) is 3.48. The van der Waals surface area contributed by atoms with Crippen LogP contribution in [0.2, 0.25) is 0 Å². The molecule has 1 heterocycles. The molecule has 2 aliphatic rings. The van der Waals surface area contributed by atoms with Crippen LogP contribution in [0.5, 0.6) is 0 Å². The summed E-state index contributed by atoms with van der Waals surface area (Å²) in [5, 5.41) is 3.86. The van der Waals surface area contributed by atoms with Crippen molar-refractivity contribution in [1.82, 2.24) is 10.2 Å². The number of nitrogens with one attached hydrogen (secondary N) is 1. The summed E-state index contributed by atoms with van der Waals surface area (Å²) in [5.41, 5.74) is 0. The van der Waals surface area contributed by atoms with E-state index in [1.165, 1.54) is 19.3 Å². The van der Waals surface area contributed by atoms with E-state index in [1.54, 1.807) is 6.92 Å². The van der Waals surface area contributed by atoms with Crippen molar-refractivity contribution in [2.24, 2.45) is 11.8 Å². The molecule has 0 aromatic carbocycles. The number of likely N-dealkylation sites (tertiary alicyclic amines) is 1. The molecule has 3 atom stereocenters. The van der Waals surface area contributed by atoms with Gasteiger partial charge in [-0.3, -0.25) is 4.79 Å². The summed E-state index contributed by atoms with van der Waals surface area (Å²) in [4.78, 5) is 13.3. The van der Waals surface area contributed by atoms with Gasteiger partial charge in [0.15, 0.2) is 0 Å². The molecule has 0 bridgehead atoms. The summed E-state index contributed by atoms with van der Waals surface area (Å²) >= 11 is 0. The van der Waals surface area contributed by atoms with Gasteiger partial charge in [-0.05, 0) is 31.1 Å². The van der Waals surface area contributed by atoms with E-state index in [2.05, 4.69) is 19.2 Å². The van der Waals surface area contributed by atoms with Gasteiger partial charge in [0.05, 0.1) is 0 Å². The van der Waals surface area contributed by atoms with Gasteiger partial charge in [0.1, 0.15) is 0 Å². The summed E-state index contributed by atoms with van der Waals surface area (Å²) in [5.74, 6) is 1.88. The minimum Gasteiger partial charge on any atom is -0.343 e. The largest absolute Gasteiger partial charge is 0.343 e. The molecule has 1 amide bonds. The van der Waals surface area contributed by atoms with Gasteiger partial charge < -0.3 is 10.2 Å². The standard InChI is InChI=1S/C15H28N2O/c1-11-5-4-6-15(12(11)2)16-14-7-9-17(10-8-14)13(3)18/h11-12,14-16H,4-10H2,1-3H3/t11-,12+,15+/m1/s1. The maximum Gasteiger partial charge on any atom is 0.219 e. The monoisotopic (exact) mass is 252 g/mol. The molecule has 1 saturated heterocycles. The molecule has 3 nitrogen and oxygen atoms in total. The second-order valence-electron chi connectivity index (χ2n) is 6.32. The predicted octanol–water partition coefficient (Wildman–Crippen LogP) is 2.41. The van der Waals surface area contributed by atoms with Crippen LogP contribution < -0.4 is 5.32 Å². The first-order valence-electron chi connectivity index (χ1n) is 7.59. The van der Waals surface area contributed by atoms with Crippen molar-refractivity contribution in [3.63, 3.8) is 0 Å². The zero-order valence-electron chi connectivity index (χ0n) is 12.1. The van der Waals surface area contributed by atoms with Crippen LogP contribution in [0, 0.1) is 11.8 Å². The quantitative estimate of drug-likeness (QED) is 0.818. The highest BCUT2D eigenvalue weighted by Gasteiger charge is 2.30. The Morgan fingerprint density at radius 2 is 1.78 bits per heavy atom. The maximum atomic E-state index is 11.3. The van der Waals surface area contributed by atoms with Gasteiger partial charge in [-0.1, -0.05) is 26.7 Å². The molecule has 1 aliphatic carbocycles. The molecule has 0 aromatic heterocycles. The Bertz CT molecular complexity index is 284. The Hall–Kier alpha value is -0.570. The van der Waals surface area contributed by atoms with E-state index in [1.807, 2.05) is 4.90 Å². The third-order valence-corrected chi connectivity index (χ3v) is 5.10. The highest BCUT2D eigenvalue weighted by atomic mass is 16.2. The number of rotatable bonds is 2. The number of piperidine rings is 1. The fraction of sp³-hybridized carbons (Fsp3) is 0.933. The SMILES string of the molecule is CC(=O)N1CCC(N[C@H]2CCC[C@@H](C)[C@@H]2C)CC1. The third kappa shape index (κ3) is 3.25. The number of carbonyl (C=O) groups excluding carboxylic acids is 1. The van der Waals surface area contributed by atoms with E-state index >= 15 is 0 Å². The van der Waals surface area contributed by atoms with Crippen molar-refractivity contribution in [1.29, 1.82) is 0 Å². The van der Waals surface area contributed by atoms with Crippen LogP contribution in [0.1, 0.15) is 52.9 Å². The second-order valence-corrected chi connectivity index (χ2v) is 6.32. The molecular formula is C15H28N2O. The van der Waals surface area contributed by atoms with E-state index < -0.39 is 0 Å². The molecule has 3 heteroatoms. The lowest BCUT2D eigenvalue weighted by Gasteiger charge is -2.39. The highest BCUT2D eigenvalue weighted by Crippen LogP contribution is 2.30. The van der Waals surface area contributed by atoms with Crippen molar-refractivity contribution in [2.75, 3.05) is 13.1 Å². The number of hydrogen-bond donors (Lipinski definition) is 1. The lowest BCUT2D eigenvalue weighted by molar-refractivity contribution is -0.129. The molecule has 18 heavy (non-hydrogen) atoms. The van der Waals surface area contributed by atoms with Crippen LogP contribution in [0.4, 0.5) is 0 Å². The zero-order valence-corrected chi connectivity index (χ0v) is 12.1. The van der Waals surface area contributed by atoms with Crippen molar-refractivity contribution in [3.8, 4) is 0 Å². The molecular weight excluding hydrogens is 224 g/mol. The minimum absolute atomic E-state index is 0.230.